The van der Waals surface area contributed by atoms with Crippen LogP contribution in [0.2, 0.25) is 5.32 Å². The summed E-state index contributed by atoms with van der Waals surface area (Å²) in [5.41, 5.74) is 0. The number of hydrogen-bond donors (Lipinski definition) is 0. The molecule has 0 bridgehead atoms. The molecule has 3 nitrogen and oxygen atoms in total. The van der Waals surface area contributed by atoms with Crippen molar-refractivity contribution in [3.05, 3.63) is 30.3 Å². The van der Waals surface area contributed by atoms with E-state index in [0.29, 0.717) is 34.3 Å². The SMILES string of the molecule is CCOP(=O)(CC[Se]c1ccccc1)OCC. The molecule has 0 aliphatic rings. The molecule has 0 N–H and O–H groups in total. The topological polar surface area (TPSA) is 35.5 Å². The molecular weight excluding hydrogens is 302 g/mol. The molecule has 0 amide bonds. The third-order valence-corrected chi connectivity index (χ3v) is 6.91. The van der Waals surface area contributed by atoms with E-state index in [2.05, 4.69) is 12.1 Å². The van der Waals surface area contributed by atoms with Crippen molar-refractivity contribution in [1.82, 2.24) is 0 Å². The van der Waals surface area contributed by atoms with Crippen molar-refractivity contribution < 1.29 is 13.6 Å². The Hall–Kier alpha value is -0.111. The molecule has 17 heavy (non-hydrogen) atoms. The van der Waals surface area contributed by atoms with Gasteiger partial charge in [0.15, 0.2) is 0 Å². The zero-order valence-corrected chi connectivity index (χ0v) is 12.9. The van der Waals surface area contributed by atoms with E-state index in [-0.39, 0.29) is 0 Å². The molecular formula is C12H19O3PSe. The first-order valence-electron chi connectivity index (χ1n) is 5.76. The Morgan fingerprint density at radius 2 is 1.71 bits per heavy atom. The second-order valence-electron chi connectivity index (χ2n) is 3.33. The standard InChI is InChI=1S/C12H19O3PSe/c1-3-14-16(13,15-4-2)10-11-17-12-8-6-5-7-9-12/h5-9H,3-4,10-11H2,1-2H3. The maximum atomic E-state index is 12.2. The van der Waals surface area contributed by atoms with Crippen LogP contribution in [0, 0.1) is 0 Å². The predicted molar refractivity (Wildman–Crippen MR) is 72.4 cm³/mol. The van der Waals surface area contributed by atoms with Gasteiger partial charge in [-0.05, 0) is 0 Å². The van der Waals surface area contributed by atoms with E-state index < -0.39 is 7.60 Å². The molecule has 0 spiro atoms. The van der Waals surface area contributed by atoms with Gasteiger partial charge in [-0.3, -0.25) is 0 Å². The monoisotopic (exact) mass is 322 g/mol. The van der Waals surface area contributed by atoms with E-state index in [1.165, 1.54) is 4.46 Å². The van der Waals surface area contributed by atoms with E-state index in [9.17, 15) is 4.57 Å². The van der Waals surface area contributed by atoms with Gasteiger partial charge in [0.25, 0.3) is 0 Å². The molecule has 0 saturated carbocycles. The minimum absolute atomic E-state index is 0.338. The van der Waals surface area contributed by atoms with Crippen LogP contribution in [0.5, 0.6) is 0 Å². The summed E-state index contributed by atoms with van der Waals surface area (Å²) in [5, 5.41) is 0.883. The van der Waals surface area contributed by atoms with Crippen molar-refractivity contribution >= 4 is 27.0 Å². The van der Waals surface area contributed by atoms with Crippen LogP contribution in [0.15, 0.2) is 30.3 Å². The summed E-state index contributed by atoms with van der Waals surface area (Å²) in [5.74, 6) is 0. The molecule has 0 heterocycles. The first-order chi connectivity index (χ1) is 8.20. The first kappa shape index (κ1) is 14.9. The summed E-state index contributed by atoms with van der Waals surface area (Å²) in [6, 6.07) is 10.3. The molecule has 0 aliphatic heterocycles. The third kappa shape index (κ3) is 5.85. The van der Waals surface area contributed by atoms with Crippen molar-refractivity contribution in [1.29, 1.82) is 0 Å². The second-order valence-corrected chi connectivity index (χ2v) is 7.97. The van der Waals surface area contributed by atoms with Crippen molar-refractivity contribution in [2.45, 2.75) is 19.2 Å². The molecule has 5 heteroatoms. The van der Waals surface area contributed by atoms with Gasteiger partial charge in [-0.2, -0.15) is 0 Å². The van der Waals surface area contributed by atoms with Gasteiger partial charge in [0, 0.05) is 0 Å². The van der Waals surface area contributed by atoms with Gasteiger partial charge in [-0.25, -0.2) is 0 Å². The van der Waals surface area contributed by atoms with Gasteiger partial charge in [-0.1, -0.05) is 0 Å². The molecule has 1 aromatic rings. The Bertz CT molecular complexity index is 346. The molecule has 0 aromatic heterocycles. The number of benzene rings is 1. The first-order valence-corrected chi connectivity index (χ1v) is 9.55. The Labute approximate surface area is 110 Å². The molecule has 0 unspecified atom stereocenters. The normalized spacial score (nSPS) is 11.6. The van der Waals surface area contributed by atoms with E-state index >= 15 is 0 Å². The van der Waals surface area contributed by atoms with E-state index in [1.54, 1.807) is 0 Å². The van der Waals surface area contributed by atoms with Gasteiger partial charge < -0.3 is 0 Å². The van der Waals surface area contributed by atoms with Crippen molar-refractivity contribution in [3.63, 3.8) is 0 Å². The van der Waals surface area contributed by atoms with Crippen LogP contribution in [0.3, 0.4) is 0 Å². The quantitative estimate of drug-likeness (QED) is 0.545. The van der Waals surface area contributed by atoms with Crippen LogP contribution in [0.25, 0.3) is 0 Å². The van der Waals surface area contributed by atoms with Crippen LogP contribution in [0.1, 0.15) is 13.8 Å². The van der Waals surface area contributed by atoms with E-state index in [0.717, 1.165) is 5.32 Å². The van der Waals surface area contributed by atoms with Crippen LogP contribution in [0.4, 0.5) is 0 Å². The Kier molecular flexibility index (Phi) is 7.10. The van der Waals surface area contributed by atoms with E-state index in [1.807, 2.05) is 32.0 Å². The van der Waals surface area contributed by atoms with Gasteiger partial charge in [0.05, 0.1) is 0 Å². The van der Waals surface area contributed by atoms with Crippen LogP contribution >= 0.6 is 7.60 Å². The zero-order valence-electron chi connectivity index (χ0n) is 10.3. The Morgan fingerprint density at radius 1 is 1.12 bits per heavy atom. The molecule has 1 rings (SSSR count). The summed E-state index contributed by atoms with van der Waals surface area (Å²) >= 11 is 0.338. The molecule has 96 valence electrons. The summed E-state index contributed by atoms with van der Waals surface area (Å²) in [6.07, 6.45) is 0.517. The minimum atomic E-state index is -2.84. The average molecular weight is 321 g/mol. The van der Waals surface area contributed by atoms with Crippen LogP contribution in [-0.2, 0) is 13.6 Å². The number of hydrogen-bond acceptors (Lipinski definition) is 3. The third-order valence-electron chi connectivity index (χ3n) is 2.03. The molecule has 0 fully saturated rings. The summed E-state index contributed by atoms with van der Waals surface area (Å²) in [7, 11) is -2.84. The van der Waals surface area contributed by atoms with Gasteiger partial charge in [0.1, 0.15) is 0 Å². The van der Waals surface area contributed by atoms with Crippen molar-refractivity contribution in [2.75, 3.05) is 19.4 Å². The van der Waals surface area contributed by atoms with Gasteiger partial charge in [-0.15, -0.1) is 0 Å². The van der Waals surface area contributed by atoms with Crippen LogP contribution in [-0.4, -0.2) is 34.3 Å². The fourth-order valence-electron chi connectivity index (χ4n) is 1.35. The summed E-state index contributed by atoms with van der Waals surface area (Å²) in [4.78, 5) is 0. The number of rotatable bonds is 8. The summed E-state index contributed by atoms with van der Waals surface area (Å²) < 4.78 is 24.0. The molecule has 0 aliphatic carbocycles. The fraction of sp³-hybridized carbons (Fsp3) is 0.500. The van der Waals surface area contributed by atoms with Gasteiger partial charge in [0.2, 0.25) is 0 Å². The van der Waals surface area contributed by atoms with Crippen molar-refractivity contribution in [3.8, 4) is 0 Å². The second kappa shape index (κ2) is 8.07. The van der Waals surface area contributed by atoms with E-state index in [4.69, 9.17) is 9.05 Å². The van der Waals surface area contributed by atoms with Crippen LogP contribution < -0.4 is 4.46 Å². The molecule has 0 saturated heterocycles. The molecule has 1 aromatic carbocycles. The summed E-state index contributed by atoms with van der Waals surface area (Å²) in [6.45, 7) is 4.56. The van der Waals surface area contributed by atoms with Crippen molar-refractivity contribution in [2.24, 2.45) is 0 Å². The average Bonchev–Trinajstić information content (AvgIpc) is 2.31. The Morgan fingerprint density at radius 3 is 2.24 bits per heavy atom. The Balaban J connectivity index is 2.40. The molecule has 0 radical (unpaired) electrons. The fourth-order valence-corrected chi connectivity index (χ4v) is 6.00. The van der Waals surface area contributed by atoms with Gasteiger partial charge >= 0.3 is 110 Å². The zero-order chi connectivity index (χ0) is 12.6. The maximum absolute atomic E-state index is 12.2. The molecule has 0 atom stereocenters. The predicted octanol–water partition coefficient (Wildman–Crippen LogP) is 2.70.